The summed E-state index contributed by atoms with van der Waals surface area (Å²) in [6, 6.07) is 0. The van der Waals surface area contributed by atoms with E-state index in [9.17, 15) is 15.3 Å². The molecule has 0 aromatic carbocycles. The monoisotopic (exact) mass is 316 g/mol. The van der Waals surface area contributed by atoms with Crippen molar-refractivity contribution in [2.75, 3.05) is 0 Å². The zero-order valence-corrected chi connectivity index (χ0v) is 15.4. The molecule has 2 unspecified atom stereocenters. The van der Waals surface area contributed by atoms with E-state index in [4.69, 9.17) is 0 Å². The molecule has 0 heterocycles. The van der Waals surface area contributed by atoms with Gasteiger partial charge in [0.25, 0.3) is 0 Å². The third-order valence-electron chi connectivity index (χ3n) is 4.54. The van der Waals surface area contributed by atoms with E-state index in [2.05, 4.69) is 6.92 Å². The third kappa shape index (κ3) is 12.4. The molecule has 0 aliphatic rings. The van der Waals surface area contributed by atoms with Crippen LogP contribution in [0.2, 0.25) is 0 Å². The Morgan fingerprint density at radius 2 is 1.18 bits per heavy atom. The van der Waals surface area contributed by atoms with Crippen LogP contribution in [0.15, 0.2) is 0 Å². The molecule has 0 saturated carbocycles. The topological polar surface area (TPSA) is 60.7 Å². The highest BCUT2D eigenvalue weighted by Crippen LogP contribution is 2.25. The van der Waals surface area contributed by atoms with Crippen LogP contribution in [0.3, 0.4) is 0 Å². The number of unbranched alkanes of at least 4 members (excludes halogenated alkanes) is 8. The summed E-state index contributed by atoms with van der Waals surface area (Å²) in [7, 11) is 0. The fourth-order valence-electron chi connectivity index (χ4n) is 2.68. The highest BCUT2D eigenvalue weighted by Gasteiger charge is 2.31. The average molecular weight is 317 g/mol. The van der Waals surface area contributed by atoms with Crippen LogP contribution in [0.1, 0.15) is 105 Å². The van der Waals surface area contributed by atoms with Gasteiger partial charge in [-0.15, -0.1) is 0 Å². The summed E-state index contributed by atoms with van der Waals surface area (Å²) >= 11 is 0. The van der Waals surface area contributed by atoms with Gasteiger partial charge in [0.05, 0.1) is 17.3 Å². The highest BCUT2D eigenvalue weighted by atomic mass is 16.3. The number of hydrogen-bond donors (Lipinski definition) is 3. The van der Waals surface area contributed by atoms with Gasteiger partial charge in [0.15, 0.2) is 0 Å². The van der Waals surface area contributed by atoms with Crippen molar-refractivity contribution in [1.29, 1.82) is 0 Å². The molecule has 3 N–H and O–H groups in total. The molecule has 0 fully saturated rings. The Labute approximate surface area is 138 Å². The van der Waals surface area contributed by atoms with Crippen molar-refractivity contribution in [1.82, 2.24) is 0 Å². The lowest BCUT2D eigenvalue weighted by Crippen LogP contribution is -2.40. The molecule has 22 heavy (non-hydrogen) atoms. The molecular weight excluding hydrogens is 276 g/mol. The van der Waals surface area contributed by atoms with Gasteiger partial charge in [0, 0.05) is 0 Å². The minimum atomic E-state index is -1.10. The summed E-state index contributed by atoms with van der Waals surface area (Å²) in [5, 5.41) is 30.2. The van der Waals surface area contributed by atoms with Gasteiger partial charge in [-0.2, -0.15) is 0 Å². The smallest absolute Gasteiger partial charge is 0.0878 e. The normalized spacial score (nSPS) is 16.5. The molecule has 0 spiro atoms. The third-order valence-corrected chi connectivity index (χ3v) is 4.54. The predicted octanol–water partition coefficient (Wildman–Crippen LogP) is 4.57. The minimum Gasteiger partial charge on any atom is -0.390 e. The summed E-state index contributed by atoms with van der Waals surface area (Å²) in [6.07, 6.45) is 12.2. The maximum atomic E-state index is 10.3. The first-order valence-corrected chi connectivity index (χ1v) is 9.32. The molecule has 0 saturated heterocycles. The molecule has 0 aliphatic heterocycles. The van der Waals surface area contributed by atoms with Gasteiger partial charge in [0.1, 0.15) is 0 Å². The summed E-state index contributed by atoms with van der Waals surface area (Å²) < 4.78 is 0. The lowest BCUT2D eigenvalue weighted by molar-refractivity contribution is -0.0825. The van der Waals surface area contributed by atoms with Crippen LogP contribution >= 0.6 is 0 Å². The van der Waals surface area contributed by atoms with Gasteiger partial charge in [0.2, 0.25) is 0 Å². The van der Waals surface area contributed by atoms with Gasteiger partial charge in [-0.1, -0.05) is 64.7 Å². The Hall–Kier alpha value is -0.120. The van der Waals surface area contributed by atoms with Crippen molar-refractivity contribution in [2.45, 2.75) is 122 Å². The first kappa shape index (κ1) is 21.9. The minimum absolute atomic E-state index is 0.426. The zero-order chi connectivity index (χ0) is 17.1. The molecule has 0 rings (SSSR count). The maximum Gasteiger partial charge on any atom is 0.0878 e. The molecule has 0 aliphatic carbocycles. The first-order valence-electron chi connectivity index (χ1n) is 9.32. The van der Waals surface area contributed by atoms with Crippen LogP contribution in [-0.4, -0.2) is 32.6 Å². The summed E-state index contributed by atoms with van der Waals surface area (Å²) in [5.74, 6) is 0. The Morgan fingerprint density at radius 1 is 0.727 bits per heavy atom. The Kier molecular flexibility index (Phi) is 11.4. The Balaban J connectivity index is 3.64. The molecule has 0 bridgehead atoms. The SMILES string of the molecule is CCCCCCCCCCCC(O)C(C)(O)CCC(C)(C)O. The van der Waals surface area contributed by atoms with E-state index in [0.717, 1.165) is 12.8 Å². The van der Waals surface area contributed by atoms with Crippen molar-refractivity contribution in [2.24, 2.45) is 0 Å². The molecule has 0 aromatic heterocycles. The molecule has 0 amide bonds. The van der Waals surface area contributed by atoms with Gasteiger partial charge in [-0.3, -0.25) is 0 Å². The average Bonchev–Trinajstić information content (AvgIpc) is 2.42. The second-order valence-electron chi connectivity index (χ2n) is 7.80. The lowest BCUT2D eigenvalue weighted by Gasteiger charge is -2.31. The van der Waals surface area contributed by atoms with E-state index in [-0.39, 0.29) is 0 Å². The van der Waals surface area contributed by atoms with Crippen LogP contribution < -0.4 is 0 Å². The van der Waals surface area contributed by atoms with Crippen molar-refractivity contribution in [3.8, 4) is 0 Å². The van der Waals surface area contributed by atoms with Crippen molar-refractivity contribution in [3.05, 3.63) is 0 Å². The van der Waals surface area contributed by atoms with Crippen LogP contribution in [0.4, 0.5) is 0 Å². The Bertz CT molecular complexity index is 256. The van der Waals surface area contributed by atoms with Crippen LogP contribution in [0.5, 0.6) is 0 Å². The molecule has 2 atom stereocenters. The van der Waals surface area contributed by atoms with E-state index in [0.29, 0.717) is 19.3 Å². The molecule has 3 nitrogen and oxygen atoms in total. The number of aliphatic hydroxyl groups excluding tert-OH is 1. The van der Waals surface area contributed by atoms with E-state index in [1.54, 1.807) is 20.8 Å². The molecule has 3 heteroatoms. The second kappa shape index (κ2) is 11.4. The van der Waals surface area contributed by atoms with E-state index < -0.39 is 17.3 Å². The van der Waals surface area contributed by atoms with Gasteiger partial charge in [-0.25, -0.2) is 0 Å². The van der Waals surface area contributed by atoms with E-state index in [1.807, 2.05) is 0 Å². The Morgan fingerprint density at radius 3 is 1.64 bits per heavy atom. The van der Waals surface area contributed by atoms with Crippen molar-refractivity contribution < 1.29 is 15.3 Å². The second-order valence-corrected chi connectivity index (χ2v) is 7.80. The number of rotatable bonds is 14. The largest absolute Gasteiger partial charge is 0.390 e. The van der Waals surface area contributed by atoms with Crippen molar-refractivity contribution in [3.63, 3.8) is 0 Å². The van der Waals surface area contributed by atoms with Crippen LogP contribution in [0.25, 0.3) is 0 Å². The molecule has 0 radical (unpaired) electrons. The summed E-state index contributed by atoms with van der Waals surface area (Å²) in [5.41, 5.74) is -1.89. The molecule has 134 valence electrons. The summed E-state index contributed by atoms with van der Waals surface area (Å²) in [6.45, 7) is 7.38. The summed E-state index contributed by atoms with van der Waals surface area (Å²) in [4.78, 5) is 0. The lowest BCUT2D eigenvalue weighted by atomic mass is 9.86. The maximum absolute atomic E-state index is 10.3. The zero-order valence-electron chi connectivity index (χ0n) is 15.4. The molecule has 0 aromatic rings. The fraction of sp³-hybridized carbons (Fsp3) is 1.00. The van der Waals surface area contributed by atoms with E-state index >= 15 is 0 Å². The number of aliphatic hydroxyl groups is 3. The number of hydrogen-bond acceptors (Lipinski definition) is 3. The van der Waals surface area contributed by atoms with Crippen LogP contribution in [-0.2, 0) is 0 Å². The van der Waals surface area contributed by atoms with Gasteiger partial charge in [-0.05, 0) is 40.0 Å². The van der Waals surface area contributed by atoms with Crippen LogP contribution in [0, 0.1) is 0 Å². The predicted molar refractivity (Wildman–Crippen MR) is 94.0 cm³/mol. The van der Waals surface area contributed by atoms with Gasteiger partial charge < -0.3 is 15.3 Å². The van der Waals surface area contributed by atoms with E-state index in [1.165, 1.54) is 44.9 Å². The molecular formula is C19H40O3. The fourth-order valence-corrected chi connectivity index (χ4v) is 2.68. The highest BCUT2D eigenvalue weighted by molar-refractivity contribution is 4.84. The van der Waals surface area contributed by atoms with Gasteiger partial charge >= 0.3 is 0 Å². The van der Waals surface area contributed by atoms with Crippen molar-refractivity contribution >= 4 is 0 Å². The standard InChI is InChI=1S/C19H40O3/c1-5-6-7-8-9-10-11-12-13-14-17(20)19(4,22)16-15-18(2,3)21/h17,20-22H,5-16H2,1-4H3. The first-order chi connectivity index (χ1) is 10.2. The quantitative estimate of drug-likeness (QED) is 0.411.